The van der Waals surface area contributed by atoms with E-state index in [4.69, 9.17) is 9.47 Å². The van der Waals surface area contributed by atoms with Crippen LogP contribution in [-0.4, -0.2) is 30.0 Å². The molecule has 0 saturated carbocycles. The number of unbranched alkanes of at least 4 members (excludes halogenated alkanes) is 1. The Morgan fingerprint density at radius 2 is 1.96 bits per heavy atom. The number of anilines is 1. The Balaban J connectivity index is 1.91. The second-order valence-electron chi connectivity index (χ2n) is 6.11. The second kappa shape index (κ2) is 10.1. The molecule has 0 aromatic heterocycles. The highest BCUT2D eigenvalue weighted by atomic mass is 16.6. The number of benzene rings is 2. The first kappa shape index (κ1) is 20.9. The van der Waals surface area contributed by atoms with Gasteiger partial charge in [0.05, 0.1) is 17.1 Å². The van der Waals surface area contributed by atoms with Crippen LogP contribution < -0.4 is 10.1 Å². The van der Waals surface area contributed by atoms with Gasteiger partial charge in [0, 0.05) is 17.3 Å². The minimum Gasteiger partial charge on any atom is -0.484 e. The van der Waals surface area contributed by atoms with Crippen molar-refractivity contribution in [3.8, 4) is 5.75 Å². The first-order valence-corrected chi connectivity index (χ1v) is 8.85. The van der Waals surface area contributed by atoms with Crippen molar-refractivity contribution in [3.63, 3.8) is 0 Å². The lowest BCUT2D eigenvalue weighted by molar-refractivity contribution is -0.385. The normalized spacial score (nSPS) is 10.2. The van der Waals surface area contributed by atoms with Crippen molar-refractivity contribution >= 4 is 23.3 Å². The number of hydrogen-bond acceptors (Lipinski definition) is 6. The van der Waals surface area contributed by atoms with Crippen molar-refractivity contribution < 1.29 is 24.0 Å². The number of nitro groups is 1. The van der Waals surface area contributed by atoms with Crippen LogP contribution in [0, 0.1) is 17.0 Å². The van der Waals surface area contributed by atoms with E-state index in [-0.39, 0.29) is 12.3 Å². The molecule has 8 heteroatoms. The highest BCUT2D eigenvalue weighted by Gasteiger charge is 2.12. The van der Waals surface area contributed by atoms with Crippen molar-refractivity contribution in [1.29, 1.82) is 0 Å². The maximum absolute atomic E-state index is 12.1. The van der Waals surface area contributed by atoms with Crippen LogP contribution in [0.2, 0.25) is 0 Å². The van der Waals surface area contributed by atoms with Gasteiger partial charge < -0.3 is 14.8 Å². The molecule has 0 fully saturated rings. The topological polar surface area (TPSA) is 108 Å². The van der Waals surface area contributed by atoms with Crippen LogP contribution in [0.1, 0.15) is 35.7 Å². The molecule has 0 saturated heterocycles. The minimum absolute atomic E-state index is 0.0144. The molecule has 0 aliphatic rings. The molecule has 0 aliphatic carbocycles. The number of carbonyl (C=O) groups excluding carboxylic acids is 2. The summed E-state index contributed by atoms with van der Waals surface area (Å²) in [4.78, 5) is 34.4. The lowest BCUT2D eigenvalue weighted by atomic mass is 10.2. The van der Waals surface area contributed by atoms with Crippen LogP contribution >= 0.6 is 0 Å². The largest absolute Gasteiger partial charge is 0.484 e. The van der Waals surface area contributed by atoms with Gasteiger partial charge >= 0.3 is 5.97 Å². The maximum Gasteiger partial charge on any atom is 0.338 e. The fraction of sp³-hybridized carbons (Fsp3) is 0.300. The minimum atomic E-state index is -0.480. The average Bonchev–Trinajstić information content (AvgIpc) is 2.66. The molecule has 0 heterocycles. The molecule has 0 aliphatic heterocycles. The summed E-state index contributed by atoms with van der Waals surface area (Å²) < 4.78 is 10.5. The molecule has 1 N–H and O–H groups in total. The smallest absolute Gasteiger partial charge is 0.338 e. The van der Waals surface area contributed by atoms with Crippen molar-refractivity contribution in [2.75, 3.05) is 18.5 Å². The number of esters is 1. The zero-order valence-corrected chi connectivity index (χ0v) is 15.8. The summed E-state index contributed by atoms with van der Waals surface area (Å²) in [7, 11) is 0. The Hall–Kier alpha value is -3.42. The van der Waals surface area contributed by atoms with E-state index < -0.39 is 16.8 Å². The lowest BCUT2D eigenvalue weighted by Crippen LogP contribution is -2.20. The number of nitrogens with one attached hydrogen (secondary N) is 1. The standard InChI is InChI=1S/C20H22N2O6/c1-3-4-10-27-20(24)15-6-5-7-16(12-15)21-19(23)13-28-17-8-9-18(22(25)26)14(2)11-17/h5-9,11-12H,3-4,10,13H2,1-2H3,(H,21,23). The van der Waals surface area contributed by atoms with E-state index in [1.165, 1.54) is 24.3 Å². The molecule has 0 spiro atoms. The summed E-state index contributed by atoms with van der Waals surface area (Å²) in [6.45, 7) is 3.68. The summed E-state index contributed by atoms with van der Waals surface area (Å²) in [5, 5.41) is 13.5. The average molecular weight is 386 g/mol. The Bertz CT molecular complexity index is 866. The monoisotopic (exact) mass is 386 g/mol. The Morgan fingerprint density at radius 3 is 2.64 bits per heavy atom. The van der Waals surface area contributed by atoms with Gasteiger partial charge in [-0.15, -0.1) is 0 Å². The fourth-order valence-corrected chi connectivity index (χ4v) is 2.38. The van der Waals surface area contributed by atoms with E-state index in [0.29, 0.717) is 29.2 Å². The second-order valence-corrected chi connectivity index (χ2v) is 6.11. The Kier molecular flexibility index (Phi) is 7.50. The fourth-order valence-electron chi connectivity index (χ4n) is 2.38. The zero-order chi connectivity index (χ0) is 20.5. The van der Waals surface area contributed by atoms with Crippen LogP contribution in [0.5, 0.6) is 5.75 Å². The van der Waals surface area contributed by atoms with Gasteiger partial charge in [-0.3, -0.25) is 14.9 Å². The molecule has 0 unspecified atom stereocenters. The quantitative estimate of drug-likeness (QED) is 0.303. The van der Waals surface area contributed by atoms with Crippen molar-refractivity contribution in [3.05, 3.63) is 63.7 Å². The molecule has 28 heavy (non-hydrogen) atoms. The van der Waals surface area contributed by atoms with Gasteiger partial charge in [0.25, 0.3) is 11.6 Å². The number of aryl methyl sites for hydroxylation is 1. The first-order valence-electron chi connectivity index (χ1n) is 8.85. The number of carbonyl (C=O) groups is 2. The van der Waals surface area contributed by atoms with Gasteiger partial charge in [-0.25, -0.2) is 4.79 Å². The third-order valence-corrected chi connectivity index (χ3v) is 3.85. The molecular formula is C20H22N2O6. The summed E-state index contributed by atoms with van der Waals surface area (Å²) in [5.74, 6) is -0.513. The summed E-state index contributed by atoms with van der Waals surface area (Å²) in [6.07, 6.45) is 1.72. The van der Waals surface area contributed by atoms with Gasteiger partial charge in [0.15, 0.2) is 6.61 Å². The number of nitro benzene ring substituents is 1. The number of amides is 1. The Morgan fingerprint density at radius 1 is 1.18 bits per heavy atom. The molecule has 1 amide bonds. The van der Waals surface area contributed by atoms with Crippen LogP contribution in [0.15, 0.2) is 42.5 Å². The maximum atomic E-state index is 12.1. The molecule has 0 bridgehead atoms. The number of nitrogens with zero attached hydrogens (tertiary/aromatic N) is 1. The van der Waals surface area contributed by atoms with E-state index in [1.807, 2.05) is 6.92 Å². The first-order chi connectivity index (χ1) is 13.4. The highest BCUT2D eigenvalue weighted by Crippen LogP contribution is 2.23. The molecule has 2 aromatic carbocycles. The molecular weight excluding hydrogens is 364 g/mol. The zero-order valence-electron chi connectivity index (χ0n) is 15.8. The van der Waals surface area contributed by atoms with Crippen LogP contribution in [0.4, 0.5) is 11.4 Å². The third-order valence-electron chi connectivity index (χ3n) is 3.85. The predicted molar refractivity (Wildman–Crippen MR) is 104 cm³/mol. The van der Waals surface area contributed by atoms with E-state index >= 15 is 0 Å². The van der Waals surface area contributed by atoms with Crippen molar-refractivity contribution in [1.82, 2.24) is 0 Å². The summed E-state index contributed by atoms with van der Waals surface area (Å²) in [5.41, 5.74) is 1.22. The third kappa shape index (κ3) is 6.08. The van der Waals surface area contributed by atoms with Gasteiger partial charge in [-0.2, -0.15) is 0 Å². The summed E-state index contributed by atoms with van der Waals surface area (Å²) in [6, 6.07) is 10.7. The highest BCUT2D eigenvalue weighted by molar-refractivity contribution is 5.95. The number of hydrogen-bond donors (Lipinski definition) is 1. The number of ether oxygens (including phenoxy) is 2. The molecule has 8 nitrogen and oxygen atoms in total. The number of rotatable bonds is 9. The molecule has 148 valence electrons. The Labute approximate surface area is 162 Å². The summed E-state index contributed by atoms with van der Waals surface area (Å²) >= 11 is 0. The SMILES string of the molecule is CCCCOC(=O)c1cccc(NC(=O)COc2ccc([N+](=O)[O-])c(C)c2)c1. The van der Waals surface area contributed by atoms with Crippen molar-refractivity contribution in [2.45, 2.75) is 26.7 Å². The molecule has 0 radical (unpaired) electrons. The van der Waals surface area contributed by atoms with Crippen LogP contribution in [-0.2, 0) is 9.53 Å². The van der Waals surface area contributed by atoms with Crippen LogP contribution in [0.3, 0.4) is 0 Å². The van der Waals surface area contributed by atoms with Gasteiger partial charge in [-0.1, -0.05) is 19.4 Å². The van der Waals surface area contributed by atoms with E-state index in [0.717, 1.165) is 12.8 Å². The van der Waals surface area contributed by atoms with E-state index in [2.05, 4.69) is 5.32 Å². The van der Waals surface area contributed by atoms with Gasteiger partial charge in [0.1, 0.15) is 5.75 Å². The van der Waals surface area contributed by atoms with E-state index in [9.17, 15) is 19.7 Å². The van der Waals surface area contributed by atoms with Gasteiger partial charge in [-0.05, 0) is 43.7 Å². The van der Waals surface area contributed by atoms with E-state index in [1.54, 1.807) is 25.1 Å². The molecule has 0 atom stereocenters. The van der Waals surface area contributed by atoms with Gasteiger partial charge in [0.2, 0.25) is 0 Å². The molecule has 2 rings (SSSR count). The predicted octanol–water partition coefficient (Wildman–Crippen LogP) is 3.88. The lowest BCUT2D eigenvalue weighted by Gasteiger charge is -2.09. The molecule has 2 aromatic rings. The van der Waals surface area contributed by atoms with Crippen LogP contribution in [0.25, 0.3) is 0 Å². The van der Waals surface area contributed by atoms with Crippen molar-refractivity contribution in [2.24, 2.45) is 0 Å².